The summed E-state index contributed by atoms with van der Waals surface area (Å²) in [4.78, 5) is 44.5. The second kappa shape index (κ2) is 7.30. The Morgan fingerprint density at radius 2 is 1.86 bits per heavy atom. The third kappa shape index (κ3) is 3.95. The fourth-order valence-electron chi connectivity index (χ4n) is 2.62. The van der Waals surface area contributed by atoms with Crippen molar-refractivity contribution in [3.63, 3.8) is 0 Å². The van der Waals surface area contributed by atoms with Crippen molar-refractivity contribution in [2.24, 2.45) is 5.41 Å². The number of hydrogen-bond donors (Lipinski definition) is 2. The first-order valence-electron chi connectivity index (χ1n) is 8.67. The van der Waals surface area contributed by atoms with Crippen LogP contribution in [0.15, 0.2) is 39.9 Å². The Labute approximate surface area is 160 Å². The van der Waals surface area contributed by atoms with Crippen molar-refractivity contribution in [1.29, 1.82) is 0 Å². The SMILES string of the molecule is COc1ccc(-c2ccc3c(=O)[nH]c(=O)[nH]c3n2)cc1COC(=O)C(C)(C)C. The maximum absolute atomic E-state index is 12.1. The Balaban J connectivity index is 1.99. The topological polar surface area (TPSA) is 114 Å². The molecule has 28 heavy (non-hydrogen) atoms. The second-order valence-corrected chi connectivity index (χ2v) is 7.35. The number of methoxy groups -OCH3 is 1. The van der Waals surface area contributed by atoms with Crippen LogP contribution < -0.4 is 16.0 Å². The summed E-state index contributed by atoms with van der Waals surface area (Å²) in [7, 11) is 1.54. The van der Waals surface area contributed by atoms with Gasteiger partial charge in [-0.15, -0.1) is 0 Å². The highest BCUT2D eigenvalue weighted by molar-refractivity contribution is 5.77. The van der Waals surface area contributed by atoms with Crippen LogP contribution in [0.2, 0.25) is 0 Å². The molecule has 0 atom stereocenters. The van der Waals surface area contributed by atoms with Gasteiger partial charge in [0.05, 0.1) is 23.6 Å². The van der Waals surface area contributed by atoms with Gasteiger partial charge in [-0.05, 0) is 51.1 Å². The van der Waals surface area contributed by atoms with Gasteiger partial charge >= 0.3 is 11.7 Å². The fraction of sp³-hybridized carbons (Fsp3) is 0.300. The quantitative estimate of drug-likeness (QED) is 0.669. The zero-order valence-corrected chi connectivity index (χ0v) is 16.1. The number of aromatic amines is 2. The summed E-state index contributed by atoms with van der Waals surface area (Å²) in [6.07, 6.45) is 0. The lowest BCUT2D eigenvalue weighted by atomic mass is 9.97. The number of benzene rings is 1. The molecule has 2 heterocycles. The standard InChI is InChI=1S/C20H21N3O5/c1-20(2,3)18(25)28-10-12-9-11(5-8-15(12)27-4)14-7-6-13-16(21-14)22-19(26)23-17(13)24/h5-9H,10H2,1-4H3,(H2,21,22,23,24,26). The first kappa shape index (κ1) is 19.3. The number of esters is 1. The van der Waals surface area contributed by atoms with E-state index in [-0.39, 0.29) is 23.6 Å². The summed E-state index contributed by atoms with van der Waals surface area (Å²) in [6.45, 7) is 5.40. The molecule has 146 valence electrons. The molecule has 0 spiro atoms. The van der Waals surface area contributed by atoms with Gasteiger partial charge in [0.2, 0.25) is 0 Å². The highest BCUT2D eigenvalue weighted by Gasteiger charge is 2.23. The van der Waals surface area contributed by atoms with Gasteiger partial charge in [-0.1, -0.05) is 0 Å². The van der Waals surface area contributed by atoms with Crippen molar-refractivity contribution in [2.45, 2.75) is 27.4 Å². The van der Waals surface area contributed by atoms with E-state index in [9.17, 15) is 14.4 Å². The molecule has 0 aliphatic rings. The van der Waals surface area contributed by atoms with Crippen LogP contribution in [-0.4, -0.2) is 28.0 Å². The Morgan fingerprint density at radius 3 is 2.54 bits per heavy atom. The number of hydrogen-bond acceptors (Lipinski definition) is 6. The molecular formula is C20H21N3O5. The molecule has 3 aromatic rings. The molecule has 8 heteroatoms. The van der Waals surface area contributed by atoms with Gasteiger partial charge in [-0.2, -0.15) is 0 Å². The number of carbonyl (C=O) groups is 1. The first-order chi connectivity index (χ1) is 13.2. The molecule has 0 bridgehead atoms. The third-order valence-electron chi connectivity index (χ3n) is 4.15. The number of pyridine rings is 1. The summed E-state index contributed by atoms with van der Waals surface area (Å²) in [6, 6.07) is 8.63. The fourth-order valence-corrected chi connectivity index (χ4v) is 2.62. The van der Waals surface area contributed by atoms with E-state index >= 15 is 0 Å². The van der Waals surface area contributed by atoms with Gasteiger partial charge < -0.3 is 9.47 Å². The molecule has 0 radical (unpaired) electrons. The minimum absolute atomic E-state index is 0.0528. The molecule has 3 rings (SSSR count). The molecule has 2 aromatic heterocycles. The lowest BCUT2D eigenvalue weighted by Gasteiger charge is -2.17. The van der Waals surface area contributed by atoms with Gasteiger partial charge in [-0.3, -0.25) is 19.6 Å². The zero-order valence-electron chi connectivity index (χ0n) is 16.1. The molecule has 0 saturated heterocycles. The average Bonchev–Trinajstić information content (AvgIpc) is 2.64. The van der Waals surface area contributed by atoms with Crippen molar-refractivity contribution in [3.05, 3.63) is 56.7 Å². The van der Waals surface area contributed by atoms with Crippen molar-refractivity contribution < 1.29 is 14.3 Å². The van der Waals surface area contributed by atoms with E-state index in [2.05, 4.69) is 15.0 Å². The number of aromatic nitrogens is 3. The van der Waals surface area contributed by atoms with Crippen LogP contribution in [0.5, 0.6) is 5.75 Å². The van der Waals surface area contributed by atoms with Crippen molar-refractivity contribution >= 4 is 17.0 Å². The maximum Gasteiger partial charge on any atom is 0.327 e. The Hall–Kier alpha value is -3.42. The lowest BCUT2D eigenvalue weighted by Crippen LogP contribution is -2.22. The predicted molar refractivity (Wildman–Crippen MR) is 104 cm³/mol. The van der Waals surface area contributed by atoms with Gasteiger partial charge in [0.15, 0.2) is 0 Å². The van der Waals surface area contributed by atoms with Crippen molar-refractivity contribution in [2.75, 3.05) is 7.11 Å². The van der Waals surface area contributed by atoms with E-state index in [1.54, 1.807) is 51.1 Å². The van der Waals surface area contributed by atoms with E-state index in [4.69, 9.17) is 9.47 Å². The van der Waals surface area contributed by atoms with E-state index < -0.39 is 16.7 Å². The Morgan fingerprint density at radius 1 is 1.11 bits per heavy atom. The van der Waals surface area contributed by atoms with Gasteiger partial charge in [0.1, 0.15) is 18.0 Å². The number of fused-ring (bicyclic) bond motifs is 1. The summed E-state index contributed by atoms with van der Waals surface area (Å²) in [5.74, 6) is 0.261. The van der Waals surface area contributed by atoms with Crippen LogP contribution in [0, 0.1) is 5.41 Å². The van der Waals surface area contributed by atoms with Crippen molar-refractivity contribution in [3.8, 4) is 17.0 Å². The lowest BCUT2D eigenvalue weighted by molar-refractivity contribution is -0.154. The molecule has 2 N–H and O–H groups in total. The molecule has 0 aliphatic carbocycles. The first-order valence-corrected chi connectivity index (χ1v) is 8.67. The summed E-state index contributed by atoms with van der Waals surface area (Å²) in [5, 5.41) is 0.288. The van der Waals surface area contributed by atoms with Crippen LogP contribution in [0.25, 0.3) is 22.3 Å². The zero-order chi connectivity index (χ0) is 20.5. The minimum atomic E-state index is -0.619. The van der Waals surface area contributed by atoms with Crippen LogP contribution in [0.3, 0.4) is 0 Å². The molecule has 8 nitrogen and oxygen atoms in total. The van der Waals surface area contributed by atoms with E-state index in [0.29, 0.717) is 17.0 Å². The molecule has 1 aromatic carbocycles. The van der Waals surface area contributed by atoms with Crippen LogP contribution in [0.4, 0.5) is 0 Å². The number of ether oxygens (including phenoxy) is 2. The Bertz CT molecular complexity index is 1150. The number of H-pyrrole nitrogens is 2. The molecule has 0 amide bonds. The van der Waals surface area contributed by atoms with Gasteiger partial charge in [0.25, 0.3) is 5.56 Å². The largest absolute Gasteiger partial charge is 0.496 e. The van der Waals surface area contributed by atoms with E-state index in [0.717, 1.165) is 5.56 Å². The number of nitrogens with one attached hydrogen (secondary N) is 2. The van der Waals surface area contributed by atoms with E-state index in [1.165, 1.54) is 7.11 Å². The summed E-state index contributed by atoms with van der Waals surface area (Å²) < 4.78 is 10.7. The normalized spacial score (nSPS) is 11.4. The third-order valence-corrected chi connectivity index (χ3v) is 4.15. The highest BCUT2D eigenvalue weighted by atomic mass is 16.5. The second-order valence-electron chi connectivity index (χ2n) is 7.35. The molecular weight excluding hydrogens is 362 g/mol. The summed E-state index contributed by atoms with van der Waals surface area (Å²) >= 11 is 0. The Kier molecular flexibility index (Phi) is 5.04. The number of carbonyl (C=O) groups excluding carboxylic acids is 1. The van der Waals surface area contributed by atoms with Crippen LogP contribution >= 0.6 is 0 Å². The van der Waals surface area contributed by atoms with Crippen LogP contribution in [-0.2, 0) is 16.1 Å². The van der Waals surface area contributed by atoms with Gasteiger partial charge in [-0.25, -0.2) is 9.78 Å². The van der Waals surface area contributed by atoms with Crippen LogP contribution in [0.1, 0.15) is 26.3 Å². The predicted octanol–water partition coefficient (Wildman–Crippen LogP) is 2.38. The average molecular weight is 383 g/mol. The molecule has 0 unspecified atom stereocenters. The molecule has 0 saturated carbocycles. The monoisotopic (exact) mass is 383 g/mol. The van der Waals surface area contributed by atoms with Crippen molar-refractivity contribution in [1.82, 2.24) is 15.0 Å². The highest BCUT2D eigenvalue weighted by Crippen LogP contribution is 2.27. The van der Waals surface area contributed by atoms with E-state index in [1.807, 2.05) is 0 Å². The smallest absolute Gasteiger partial charge is 0.327 e. The molecule has 0 fully saturated rings. The minimum Gasteiger partial charge on any atom is -0.496 e. The summed E-state index contributed by atoms with van der Waals surface area (Å²) in [5.41, 5.74) is 0.435. The number of rotatable bonds is 4. The molecule has 0 aliphatic heterocycles. The number of nitrogens with zero attached hydrogens (tertiary/aromatic N) is 1. The maximum atomic E-state index is 12.1. The van der Waals surface area contributed by atoms with Gasteiger partial charge in [0, 0.05) is 11.1 Å².